The van der Waals surface area contributed by atoms with Gasteiger partial charge in [0.15, 0.2) is 11.5 Å². The van der Waals surface area contributed by atoms with Crippen LogP contribution >= 0.6 is 0 Å². The van der Waals surface area contributed by atoms with E-state index in [1.807, 2.05) is 53.1 Å². The van der Waals surface area contributed by atoms with E-state index in [4.69, 9.17) is 19.4 Å². The lowest BCUT2D eigenvalue weighted by molar-refractivity contribution is -0.192. The number of carboxylic acids is 1. The van der Waals surface area contributed by atoms with Gasteiger partial charge in [-0.3, -0.25) is 4.79 Å². The molecule has 1 saturated heterocycles. The first-order valence-corrected chi connectivity index (χ1v) is 9.75. The minimum Gasteiger partial charge on any atom is -0.475 e. The van der Waals surface area contributed by atoms with E-state index in [0.717, 1.165) is 35.2 Å². The molecule has 4 rings (SSSR count). The molecular weight excluding hydrogens is 447 g/mol. The van der Waals surface area contributed by atoms with Crippen molar-refractivity contribution in [3.63, 3.8) is 0 Å². The minimum atomic E-state index is -5.08. The third-order valence-electron chi connectivity index (χ3n) is 4.79. The Hall–Kier alpha value is -3.77. The highest BCUT2D eigenvalue weighted by molar-refractivity contribution is 5.82. The van der Waals surface area contributed by atoms with Gasteiger partial charge in [-0.15, -0.1) is 0 Å². The van der Waals surface area contributed by atoms with E-state index >= 15 is 0 Å². The fraction of sp³-hybridized carbons (Fsp3) is 0.400. The number of aliphatic carboxylic acids is 1. The van der Waals surface area contributed by atoms with Gasteiger partial charge in [-0.2, -0.15) is 13.2 Å². The second-order valence-corrected chi connectivity index (χ2v) is 7.36. The Kier molecular flexibility index (Phi) is 7.09. The number of halogens is 3. The van der Waals surface area contributed by atoms with Crippen molar-refractivity contribution in [2.75, 3.05) is 50.3 Å². The molecule has 2 aliphatic heterocycles. The zero-order valence-corrected chi connectivity index (χ0v) is 17.9. The van der Waals surface area contributed by atoms with Gasteiger partial charge in [-0.25, -0.2) is 14.8 Å². The maximum atomic E-state index is 12.6. The molecule has 33 heavy (non-hydrogen) atoms. The summed E-state index contributed by atoms with van der Waals surface area (Å²) in [6.07, 6.45) is -3.55. The number of carbonyl (C=O) groups is 2. The monoisotopic (exact) mass is 469 g/mol. The molecule has 1 aromatic heterocycles. The summed E-state index contributed by atoms with van der Waals surface area (Å²) in [6, 6.07) is 7.71. The number of carboxylic acid groups (broad SMARTS) is 1. The van der Waals surface area contributed by atoms with Crippen LogP contribution in [0.5, 0.6) is 11.5 Å². The molecule has 0 spiro atoms. The number of benzene rings is 1. The van der Waals surface area contributed by atoms with Crippen LogP contribution < -0.4 is 19.3 Å². The van der Waals surface area contributed by atoms with Gasteiger partial charge in [0.2, 0.25) is 12.7 Å². The molecule has 13 heteroatoms. The predicted octanol–water partition coefficient (Wildman–Crippen LogP) is 1.75. The van der Waals surface area contributed by atoms with Gasteiger partial charge in [-0.05, 0) is 17.7 Å². The van der Waals surface area contributed by atoms with Gasteiger partial charge in [0.1, 0.15) is 18.0 Å². The van der Waals surface area contributed by atoms with Gasteiger partial charge in [0.25, 0.3) is 0 Å². The SMILES string of the molecule is CN(C)c1cc(N2CCN(Cc3ccc4c(c3)OCO4)C(=O)C2)ncn1.O=C(O)C(F)(F)F. The molecule has 178 valence electrons. The Balaban J connectivity index is 0.000000383. The predicted molar refractivity (Wildman–Crippen MR) is 110 cm³/mol. The Bertz CT molecular complexity index is 1020. The molecule has 2 aliphatic rings. The van der Waals surface area contributed by atoms with Crippen LogP contribution in [-0.2, 0) is 16.1 Å². The van der Waals surface area contributed by atoms with Crippen LogP contribution in [0, 0.1) is 0 Å². The molecule has 10 nitrogen and oxygen atoms in total. The first-order valence-electron chi connectivity index (χ1n) is 9.75. The molecule has 1 N–H and O–H groups in total. The summed E-state index contributed by atoms with van der Waals surface area (Å²) in [6.45, 7) is 2.52. The van der Waals surface area contributed by atoms with Crippen molar-refractivity contribution in [1.82, 2.24) is 14.9 Å². The molecule has 0 unspecified atom stereocenters. The van der Waals surface area contributed by atoms with Gasteiger partial charge in [0.05, 0.1) is 6.54 Å². The summed E-state index contributed by atoms with van der Waals surface area (Å²) < 4.78 is 42.5. The summed E-state index contributed by atoms with van der Waals surface area (Å²) in [7, 11) is 3.86. The standard InChI is InChI=1S/C18H21N5O3.C2HF3O2/c1-21(2)16-8-17(20-11-19-16)22-5-6-23(18(24)10-22)9-13-3-4-14-15(7-13)26-12-25-14;3-2(4,5)1(6)7/h3-4,7-8,11H,5-6,9-10,12H2,1-2H3;(H,6,7). The lowest BCUT2D eigenvalue weighted by Gasteiger charge is -2.35. The molecule has 3 heterocycles. The second kappa shape index (κ2) is 9.79. The molecule has 1 amide bonds. The van der Waals surface area contributed by atoms with Crippen molar-refractivity contribution in [3.05, 3.63) is 36.2 Å². The highest BCUT2D eigenvalue weighted by atomic mass is 19.4. The maximum Gasteiger partial charge on any atom is 0.490 e. The molecule has 2 aromatic rings. The lowest BCUT2D eigenvalue weighted by atomic mass is 10.1. The van der Waals surface area contributed by atoms with E-state index in [0.29, 0.717) is 19.6 Å². The lowest BCUT2D eigenvalue weighted by Crippen LogP contribution is -2.50. The quantitative estimate of drug-likeness (QED) is 0.717. The topological polar surface area (TPSA) is 108 Å². The average Bonchev–Trinajstić information content (AvgIpc) is 3.23. The molecule has 0 aliphatic carbocycles. The van der Waals surface area contributed by atoms with E-state index in [-0.39, 0.29) is 12.7 Å². The molecular formula is C20H22F3N5O5. The van der Waals surface area contributed by atoms with E-state index in [1.54, 1.807) is 0 Å². The number of amides is 1. The van der Waals surface area contributed by atoms with Crippen molar-refractivity contribution in [1.29, 1.82) is 0 Å². The summed E-state index contributed by atoms with van der Waals surface area (Å²) in [5.41, 5.74) is 1.04. The number of piperazine rings is 1. The van der Waals surface area contributed by atoms with Gasteiger partial charge in [0, 0.05) is 39.8 Å². The van der Waals surface area contributed by atoms with Crippen LogP contribution in [0.1, 0.15) is 5.56 Å². The second-order valence-electron chi connectivity index (χ2n) is 7.36. The molecule has 1 fully saturated rings. The number of rotatable bonds is 4. The van der Waals surface area contributed by atoms with Crippen molar-refractivity contribution < 1.29 is 37.3 Å². The van der Waals surface area contributed by atoms with Gasteiger partial charge in [-0.1, -0.05) is 6.07 Å². The molecule has 0 bridgehead atoms. The van der Waals surface area contributed by atoms with Crippen molar-refractivity contribution in [2.45, 2.75) is 12.7 Å². The third kappa shape index (κ3) is 6.14. The molecule has 1 aromatic carbocycles. The molecule has 0 atom stereocenters. The van der Waals surface area contributed by atoms with Crippen LogP contribution in [0.4, 0.5) is 24.8 Å². The van der Waals surface area contributed by atoms with Gasteiger partial charge >= 0.3 is 12.1 Å². The van der Waals surface area contributed by atoms with Crippen molar-refractivity contribution in [3.8, 4) is 11.5 Å². The highest BCUT2D eigenvalue weighted by Gasteiger charge is 2.38. The Labute approximate surface area is 187 Å². The number of carbonyl (C=O) groups excluding carboxylic acids is 1. The fourth-order valence-corrected chi connectivity index (χ4v) is 3.09. The van der Waals surface area contributed by atoms with Crippen molar-refractivity contribution >= 4 is 23.5 Å². The number of nitrogens with zero attached hydrogens (tertiary/aromatic N) is 5. The number of hydrogen-bond acceptors (Lipinski definition) is 8. The Morgan fingerprint density at radius 3 is 2.48 bits per heavy atom. The average molecular weight is 469 g/mol. The first-order chi connectivity index (χ1) is 15.5. The summed E-state index contributed by atoms with van der Waals surface area (Å²) >= 11 is 0. The number of alkyl halides is 3. The molecule has 0 saturated carbocycles. The van der Waals surface area contributed by atoms with Crippen LogP contribution in [0.15, 0.2) is 30.6 Å². The number of aromatic nitrogens is 2. The van der Waals surface area contributed by atoms with Crippen LogP contribution in [-0.4, -0.2) is 78.5 Å². The number of anilines is 2. The highest BCUT2D eigenvalue weighted by Crippen LogP contribution is 2.33. The first kappa shape index (κ1) is 23.9. The zero-order valence-electron chi connectivity index (χ0n) is 17.9. The van der Waals surface area contributed by atoms with E-state index in [9.17, 15) is 18.0 Å². The summed E-state index contributed by atoms with van der Waals surface area (Å²) in [4.78, 5) is 35.8. The molecule has 0 radical (unpaired) electrons. The Morgan fingerprint density at radius 2 is 1.85 bits per heavy atom. The van der Waals surface area contributed by atoms with E-state index in [2.05, 4.69) is 9.97 Å². The number of ether oxygens (including phenoxy) is 2. The van der Waals surface area contributed by atoms with E-state index in [1.165, 1.54) is 6.33 Å². The number of fused-ring (bicyclic) bond motifs is 1. The maximum absolute atomic E-state index is 12.6. The fourth-order valence-electron chi connectivity index (χ4n) is 3.09. The Morgan fingerprint density at radius 1 is 1.15 bits per heavy atom. The van der Waals surface area contributed by atoms with Crippen molar-refractivity contribution in [2.24, 2.45) is 0 Å². The minimum absolute atomic E-state index is 0.0823. The normalized spacial score (nSPS) is 15.1. The van der Waals surface area contributed by atoms with Crippen LogP contribution in [0.2, 0.25) is 0 Å². The zero-order chi connectivity index (χ0) is 24.2. The number of hydrogen-bond donors (Lipinski definition) is 1. The van der Waals surface area contributed by atoms with E-state index < -0.39 is 12.1 Å². The smallest absolute Gasteiger partial charge is 0.475 e. The largest absolute Gasteiger partial charge is 0.490 e. The third-order valence-corrected chi connectivity index (χ3v) is 4.79. The summed E-state index contributed by atoms with van der Waals surface area (Å²) in [5.74, 6) is 0.424. The summed E-state index contributed by atoms with van der Waals surface area (Å²) in [5, 5.41) is 7.12. The van der Waals surface area contributed by atoms with Crippen LogP contribution in [0.25, 0.3) is 0 Å². The van der Waals surface area contributed by atoms with Gasteiger partial charge < -0.3 is 29.3 Å². The van der Waals surface area contributed by atoms with Crippen LogP contribution in [0.3, 0.4) is 0 Å².